The van der Waals surface area contributed by atoms with E-state index in [0.29, 0.717) is 39.1 Å². The van der Waals surface area contributed by atoms with Crippen molar-refractivity contribution < 1.29 is 18.7 Å². The van der Waals surface area contributed by atoms with Gasteiger partial charge in [0.05, 0.1) is 26.3 Å². The van der Waals surface area contributed by atoms with Gasteiger partial charge in [-0.15, -0.1) is 0 Å². The highest BCUT2D eigenvalue weighted by atomic mass is 16.5. The van der Waals surface area contributed by atoms with E-state index in [1.165, 1.54) is 0 Å². The third kappa shape index (κ3) is 3.93. The summed E-state index contributed by atoms with van der Waals surface area (Å²) in [6, 6.07) is 5.60. The lowest BCUT2D eigenvalue weighted by molar-refractivity contribution is -0.132. The van der Waals surface area contributed by atoms with Crippen molar-refractivity contribution in [3.8, 4) is 5.75 Å². The van der Waals surface area contributed by atoms with E-state index in [9.17, 15) is 9.59 Å². The molecule has 0 saturated carbocycles. The zero-order valence-electron chi connectivity index (χ0n) is 14.6. The Labute approximate surface area is 146 Å². The lowest BCUT2D eigenvalue weighted by Crippen LogP contribution is -2.51. The molecule has 1 aromatic heterocycles. The largest absolute Gasteiger partial charge is 0.497 e. The van der Waals surface area contributed by atoms with Crippen LogP contribution in [0.1, 0.15) is 5.56 Å². The fraction of sp³-hybridized carbons (Fsp3) is 0.444. The molecule has 7 nitrogen and oxygen atoms in total. The Morgan fingerprint density at radius 3 is 2.68 bits per heavy atom. The number of nitrogens with zero attached hydrogens (tertiary/aromatic N) is 2. The number of rotatable bonds is 5. The second kappa shape index (κ2) is 7.57. The molecule has 134 valence electrons. The predicted octanol–water partition coefficient (Wildman–Crippen LogP) is 0.874. The first-order chi connectivity index (χ1) is 12.1. The van der Waals surface area contributed by atoms with Gasteiger partial charge in [-0.1, -0.05) is 0 Å². The van der Waals surface area contributed by atoms with Crippen molar-refractivity contribution in [3.05, 3.63) is 30.0 Å². The number of furan rings is 1. The summed E-state index contributed by atoms with van der Waals surface area (Å²) < 4.78 is 10.7. The minimum absolute atomic E-state index is 0.0000663. The quantitative estimate of drug-likeness (QED) is 0.870. The highest BCUT2D eigenvalue weighted by Crippen LogP contribution is 2.26. The molecule has 0 radical (unpaired) electrons. The van der Waals surface area contributed by atoms with Gasteiger partial charge in [0, 0.05) is 50.2 Å². The molecule has 0 spiro atoms. The number of hydrogen-bond donors (Lipinski definition) is 1. The summed E-state index contributed by atoms with van der Waals surface area (Å²) in [6.45, 7) is 3.08. The van der Waals surface area contributed by atoms with Crippen LogP contribution in [0.15, 0.2) is 28.9 Å². The van der Waals surface area contributed by atoms with Gasteiger partial charge in [-0.25, -0.2) is 0 Å². The number of amides is 2. The van der Waals surface area contributed by atoms with Crippen molar-refractivity contribution in [1.29, 1.82) is 0 Å². The van der Waals surface area contributed by atoms with Crippen LogP contribution in [0, 0.1) is 0 Å². The smallest absolute Gasteiger partial charge is 0.233 e. The minimum Gasteiger partial charge on any atom is -0.497 e. The number of piperazine rings is 1. The number of fused-ring (bicyclic) bond motifs is 1. The molecule has 1 aliphatic rings. The molecule has 2 heterocycles. The van der Waals surface area contributed by atoms with Crippen LogP contribution in [0.2, 0.25) is 0 Å². The van der Waals surface area contributed by atoms with Crippen LogP contribution < -0.4 is 10.1 Å². The van der Waals surface area contributed by atoms with Gasteiger partial charge in [0.1, 0.15) is 11.3 Å². The topological polar surface area (TPSA) is 75.0 Å². The average Bonchev–Trinajstić information content (AvgIpc) is 3.04. The maximum absolute atomic E-state index is 12.6. The van der Waals surface area contributed by atoms with Crippen molar-refractivity contribution in [3.63, 3.8) is 0 Å². The lowest BCUT2D eigenvalue weighted by Gasteiger charge is -2.34. The molecule has 0 atom stereocenters. The number of likely N-dealkylation sites (N-methyl/N-ethyl adjacent to an activating group) is 1. The third-order valence-electron chi connectivity index (χ3n) is 4.58. The SMILES string of the molecule is CNC(=O)CN1CCN(C(=O)Cc2coc3cc(OC)ccc23)CC1. The van der Waals surface area contributed by atoms with Crippen LogP contribution in [0.4, 0.5) is 0 Å². The molecule has 1 saturated heterocycles. The molecule has 1 N–H and O–H groups in total. The lowest BCUT2D eigenvalue weighted by atomic mass is 10.1. The van der Waals surface area contributed by atoms with Crippen molar-refractivity contribution in [2.24, 2.45) is 0 Å². The normalized spacial score (nSPS) is 15.4. The van der Waals surface area contributed by atoms with Crippen LogP contribution >= 0.6 is 0 Å². The van der Waals surface area contributed by atoms with E-state index in [2.05, 4.69) is 10.2 Å². The standard InChI is InChI=1S/C18H23N3O4/c1-19-17(22)11-20-5-7-21(8-6-20)18(23)9-13-12-25-16-10-14(24-2)3-4-15(13)16/h3-4,10,12H,5-9,11H2,1-2H3,(H,19,22). The number of methoxy groups -OCH3 is 1. The summed E-state index contributed by atoms with van der Waals surface area (Å²) >= 11 is 0. The Balaban J connectivity index is 1.59. The molecule has 1 fully saturated rings. The molecule has 2 amide bonds. The van der Waals surface area contributed by atoms with E-state index in [-0.39, 0.29) is 11.8 Å². The monoisotopic (exact) mass is 345 g/mol. The highest BCUT2D eigenvalue weighted by molar-refractivity contribution is 5.88. The Kier molecular flexibility index (Phi) is 5.23. The zero-order chi connectivity index (χ0) is 17.8. The van der Waals surface area contributed by atoms with E-state index in [4.69, 9.17) is 9.15 Å². The molecule has 1 aliphatic heterocycles. The number of benzene rings is 1. The number of carbonyl (C=O) groups excluding carboxylic acids is 2. The second-order valence-corrected chi connectivity index (χ2v) is 6.13. The Hall–Kier alpha value is -2.54. The summed E-state index contributed by atoms with van der Waals surface area (Å²) in [7, 11) is 3.24. The summed E-state index contributed by atoms with van der Waals surface area (Å²) in [4.78, 5) is 27.9. The molecule has 0 bridgehead atoms. The van der Waals surface area contributed by atoms with E-state index in [0.717, 1.165) is 22.3 Å². The minimum atomic E-state index is 0.0000663. The molecule has 1 aromatic carbocycles. The predicted molar refractivity (Wildman–Crippen MR) is 93.6 cm³/mol. The maximum atomic E-state index is 12.6. The first-order valence-corrected chi connectivity index (χ1v) is 8.35. The molecular formula is C18H23N3O4. The van der Waals surface area contributed by atoms with Crippen LogP contribution in [-0.2, 0) is 16.0 Å². The van der Waals surface area contributed by atoms with Crippen LogP contribution in [0.5, 0.6) is 5.75 Å². The highest BCUT2D eigenvalue weighted by Gasteiger charge is 2.23. The molecule has 0 aliphatic carbocycles. The van der Waals surface area contributed by atoms with Gasteiger partial charge in [0.15, 0.2) is 0 Å². The fourth-order valence-electron chi connectivity index (χ4n) is 3.04. The second-order valence-electron chi connectivity index (χ2n) is 6.13. The van der Waals surface area contributed by atoms with E-state index in [1.807, 2.05) is 23.1 Å². The van der Waals surface area contributed by atoms with E-state index >= 15 is 0 Å². The Bertz CT molecular complexity index is 763. The summed E-state index contributed by atoms with van der Waals surface area (Å²) in [5, 5.41) is 3.56. The molecule has 2 aromatic rings. The van der Waals surface area contributed by atoms with Gasteiger partial charge in [-0.2, -0.15) is 0 Å². The number of carbonyl (C=O) groups is 2. The van der Waals surface area contributed by atoms with E-state index < -0.39 is 0 Å². The van der Waals surface area contributed by atoms with Crippen LogP contribution in [0.3, 0.4) is 0 Å². The van der Waals surface area contributed by atoms with Gasteiger partial charge < -0.3 is 19.4 Å². The number of nitrogens with one attached hydrogen (secondary N) is 1. The molecule has 3 rings (SSSR count). The van der Waals surface area contributed by atoms with Crippen molar-refractivity contribution >= 4 is 22.8 Å². The fourth-order valence-corrected chi connectivity index (χ4v) is 3.04. The average molecular weight is 345 g/mol. The van der Waals surface area contributed by atoms with Crippen molar-refractivity contribution in [1.82, 2.24) is 15.1 Å². The van der Waals surface area contributed by atoms with E-state index in [1.54, 1.807) is 20.4 Å². The van der Waals surface area contributed by atoms with Gasteiger partial charge in [-0.05, 0) is 12.1 Å². The molecular weight excluding hydrogens is 322 g/mol. The van der Waals surface area contributed by atoms with Gasteiger partial charge in [0.2, 0.25) is 11.8 Å². The summed E-state index contributed by atoms with van der Waals surface area (Å²) in [5.74, 6) is 0.810. The summed E-state index contributed by atoms with van der Waals surface area (Å²) in [5.41, 5.74) is 1.60. The van der Waals surface area contributed by atoms with Crippen molar-refractivity contribution in [2.45, 2.75) is 6.42 Å². The first kappa shape index (κ1) is 17.3. The number of ether oxygens (including phenoxy) is 1. The Morgan fingerprint density at radius 1 is 1.24 bits per heavy atom. The molecule has 0 unspecified atom stereocenters. The molecule has 25 heavy (non-hydrogen) atoms. The van der Waals surface area contributed by atoms with Gasteiger partial charge >= 0.3 is 0 Å². The van der Waals surface area contributed by atoms with Gasteiger partial charge in [-0.3, -0.25) is 14.5 Å². The third-order valence-corrected chi connectivity index (χ3v) is 4.58. The van der Waals surface area contributed by atoms with Crippen molar-refractivity contribution in [2.75, 3.05) is 46.9 Å². The summed E-state index contributed by atoms with van der Waals surface area (Å²) in [6.07, 6.45) is 1.96. The van der Waals surface area contributed by atoms with Crippen LogP contribution in [0.25, 0.3) is 11.0 Å². The zero-order valence-corrected chi connectivity index (χ0v) is 14.6. The Morgan fingerprint density at radius 2 is 2.00 bits per heavy atom. The van der Waals surface area contributed by atoms with Crippen LogP contribution in [-0.4, -0.2) is 68.5 Å². The first-order valence-electron chi connectivity index (χ1n) is 8.35. The number of hydrogen-bond acceptors (Lipinski definition) is 5. The van der Waals surface area contributed by atoms with Gasteiger partial charge in [0.25, 0.3) is 0 Å². The molecule has 7 heteroatoms. The maximum Gasteiger partial charge on any atom is 0.233 e.